The zero-order valence-electron chi connectivity index (χ0n) is 33.9. The highest BCUT2D eigenvalue weighted by atomic mass is 32.1. The molecule has 1 heterocycles. The summed E-state index contributed by atoms with van der Waals surface area (Å²) >= 11 is 1.48. The first-order chi connectivity index (χ1) is 27.8. The number of nitrogens with zero attached hydrogens (tertiary/aromatic N) is 3. The number of fused-ring (bicyclic) bond motifs is 1. The molecule has 0 spiro atoms. The summed E-state index contributed by atoms with van der Waals surface area (Å²) in [4.78, 5) is 69.4. The molecule has 0 saturated heterocycles. The first-order valence-corrected chi connectivity index (χ1v) is 20.8. The normalized spacial score (nSPS) is 12.4. The molecule has 58 heavy (non-hydrogen) atoms. The van der Waals surface area contributed by atoms with Gasteiger partial charge in [-0.05, 0) is 117 Å². The van der Waals surface area contributed by atoms with Crippen LogP contribution in [0.4, 0.5) is 10.7 Å². The Kier molecular flexibility index (Phi) is 15.7. The predicted octanol–water partition coefficient (Wildman–Crippen LogP) is 7.08. The van der Waals surface area contributed by atoms with E-state index in [1.807, 2.05) is 54.6 Å². The van der Waals surface area contributed by atoms with E-state index in [2.05, 4.69) is 29.4 Å². The number of aryl methyl sites for hydroxylation is 3. The number of aromatic carboxylic acids is 1. The number of amides is 3. The van der Waals surface area contributed by atoms with Gasteiger partial charge in [0.25, 0.3) is 11.8 Å². The molecule has 3 amide bonds. The van der Waals surface area contributed by atoms with E-state index < -0.39 is 11.9 Å². The maximum atomic E-state index is 13.9. The Hall–Kier alpha value is -5.37. The Morgan fingerprint density at radius 2 is 1.40 bits per heavy atom. The molecule has 1 aliphatic rings. The first kappa shape index (κ1) is 43.7. The highest BCUT2D eigenvalue weighted by Crippen LogP contribution is 2.39. The molecular weight excluding hydrogens is 755 g/mol. The van der Waals surface area contributed by atoms with Gasteiger partial charge in [0.1, 0.15) is 5.00 Å². The van der Waals surface area contributed by atoms with Gasteiger partial charge >= 0.3 is 11.9 Å². The van der Waals surface area contributed by atoms with E-state index in [4.69, 9.17) is 10.2 Å². The van der Waals surface area contributed by atoms with Gasteiger partial charge in [0.2, 0.25) is 5.91 Å². The fraction of sp³-hybridized carbons (Fsp3) is 0.400. The molecule has 0 bridgehead atoms. The second-order valence-corrected chi connectivity index (χ2v) is 16.1. The van der Waals surface area contributed by atoms with Crippen LogP contribution in [0, 0.1) is 0 Å². The molecule has 1 aliphatic carbocycles. The smallest absolute Gasteiger partial charge is 0.335 e. The van der Waals surface area contributed by atoms with Gasteiger partial charge in [0, 0.05) is 48.9 Å². The maximum absolute atomic E-state index is 13.9. The van der Waals surface area contributed by atoms with Crippen LogP contribution in [0.15, 0.2) is 72.8 Å². The van der Waals surface area contributed by atoms with Gasteiger partial charge in [0.05, 0.1) is 24.2 Å². The van der Waals surface area contributed by atoms with E-state index in [1.54, 1.807) is 37.2 Å². The molecule has 3 aromatic carbocycles. The predicted molar refractivity (Wildman–Crippen MR) is 228 cm³/mol. The van der Waals surface area contributed by atoms with Crippen LogP contribution in [0.1, 0.15) is 97.7 Å². The number of carboxylic acid groups (broad SMARTS) is 2. The van der Waals surface area contributed by atoms with Crippen LogP contribution in [0.25, 0.3) is 0 Å². The molecule has 0 unspecified atom stereocenters. The summed E-state index contributed by atoms with van der Waals surface area (Å²) in [5.74, 6) is -2.62. The molecule has 4 aromatic rings. The summed E-state index contributed by atoms with van der Waals surface area (Å²) < 4.78 is 0. The molecule has 0 atom stereocenters. The molecule has 0 saturated carbocycles. The van der Waals surface area contributed by atoms with Crippen LogP contribution in [0.3, 0.4) is 0 Å². The Morgan fingerprint density at radius 3 is 2.03 bits per heavy atom. The lowest BCUT2D eigenvalue weighted by Gasteiger charge is -2.32. The molecule has 5 rings (SSSR count). The monoisotopic (exact) mass is 809 g/mol. The van der Waals surface area contributed by atoms with Crippen molar-refractivity contribution in [2.45, 2.75) is 77.8 Å². The highest BCUT2D eigenvalue weighted by molar-refractivity contribution is 7.17. The van der Waals surface area contributed by atoms with Crippen molar-refractivity contribution in [3.8, 4) is 0 Å². The van der Waals surface area contributed by atoms with Crippen LogP contribution in [-0.4, -0.2) is 101 Å². The summed E-state index contributed by atoms with van der Waals surface area (Å²) in [7, 11) is 3.34. The zero-order chi connectivity index (χ0) is 41.8. The number of rotatable bonds is 20. The van der Waals surface area contributed by atoms with Crippen LogP contribution in [-0.2, 0) is 41.8 Å². The van der Waals surface area contributed by atoms with Gasteiger partial charge in [-0.3, -0.25) is 29.0 Å². The summed E-state index contributed by atoms with van der Waals surface area (Å²) in [6, 6.07) is 22.4. The Bertz CT molecular complexity index is 2060. The highest BCUT2D eigenvalue weighted by Gasteiger charge is 2.27. The maximum Gasteiger partial charge on any atom is 0.335 e. The second-order valence-electron chi connectivity index (χ2n) is 15.0. The summed E-state index contributed by atoms with van der Waals surface area (Å²) in [5, 5.41) is 24.9. The van der Waals surface area contributed by atoms with Crippen molar-refractivity contribution < 1.29 is 34.2 Å². The van der Waals surface area contributed by atoms with Gasteiger partial charge in [0.15, 0.2) is 0 Å². The molecule has 4 N–H and O–H groups in total. The fourth-order valence-electron chi connectivity index (χ4n) is 7.40. The van der Waals surface area contributed by atoms with E-state index >= 15 is 0 Å². The molecule has 13 heteroatoms. The Morgan fingerprint density at radius 1 is 0.741 bits per heavy atom. The number of hydrogen-bond donors (Lipinski definition) is 4. The molecule has 1 aromatic heterocycles. The number of hydrogen-bond acceptors (Lipinski definition) is 8. The van der Waals surface area contributed by atoms with Crippen molar-refractivity contribution in [2.75, 3.05) is 50.9 Å². The quantitative estimate of drug-likeness (QED) is 0.0732. The summed E-state index contributed by atoms with van der Waals surface area (Å²) in [6.07, 6.45) is 7.01. The third-order valence-electron chi connectivity index (χ3n) is 10.7. The van der Waals surface area contributed by atoms with Gasteiger partial charge in [-0.1, -0.05) is 50.2 Å². The lowest BCUT2D eigenvalue weighted by molar-refractivity contribution is -0.139. The second kappa shape index (κ2) is 20.9. The largest absolute Gasteiger partial charge is 0.480 e. The van der Waals surface area contributed by atoms with Crippen molar-refractivity contribution >= 4 is 51.7 Å². The van der Waals surface area contributed by atoms with Crippen LogP contribution in [0.2, 0.25) is 0 Å². The van der Waals surface area contributed by atoms with E-state index in [0.717, 1.165) is 78.5 Å². The number of nitrogens with one attached hydrogen (secondary N) is 2. The van der Waals surface area contributed by atoms with Crippen molar-refractivity contribution in [1.82, 2.24) is 14.7 Å². The topological polar surface area (TPSA) is 160 Å². The van der Waals surface area contributed by atoms with Crippen molar-refractivity contribution in [3.63, 3.8) is 0 Å². The van der Waals surface area contributed by atoms with Gasteiger partial charge in [-0.2, -0.15) is 0 Å². The third-order valence-corrected chi connectivity index (χ3v) is 11.9. The van der Waals surface area contributed by atoms with Crippen LogP contribution in [0.5, 0.6) is 0 Å². The standard InChI is InChI=1S/C45H55N5O7S/c1-5-36(6-2)50(25-24-49(4)39(51)28-48(3)29-40(52)53)27-32-10-9-11-34(26-32)42(54)47-44-41(37-12-7-8-13-38(37)58-44)43(55)46-35-22-18-31(19-23-35)15-14-30-16-20-33(21-17-30)45(56)57/h9-11,16-23,26,36H,5-8,12-15,24-25,27-29H2,1-4H3,(H,46,55)(H,47,54)(H,52,53)(H,56,57). The average molecular weight is 810 g/mol. The molecular formula is C45H55N5O7S. The summed E-state index contributed by atoms with van der Waals surface area (Å²) in [6.45, 7) is 5.75. The number of carbonyl (C=O) groups excluding carboxylic acids is 3. The van der Waals surface area contributed by atoms with Crippen LogP contribution < -0.4 is 10.6 Å². The van der Waals surface area contributed by atoms with E-state index in [9.17, 15) is 24.0 Å². The van der Waals surface area contributed by atoms with Gasteiger partial charge in [-0.25, -0.2) is 4.79 Å². The number of carboxylic acids is 2. The number of benzene rings is 3. The third kappa shape index (κ3) is 12.1. The minimum Gasteiger partial charge on any atom is -0.480 e. The number of carbonyl (C=O) groups is 5. The van der Waals surface area contributed by atoms with Crippen molar-refractivity contribution in [3.05, 3.63) is 117 Å². The van der Waals surface area contributed by atoms with Crippen molar-refractivity contribution in [1.29, 1.82) is 0 Å². The number of likely N-dealkylation sites (N-methyl/N-ethyl adjacent to an activating group) is 2. The number of thiophene rings is 1. The van der Waals surface area contributed by atoms with Crippen molar-refractivity contribution in [2.24, 2.45) is 0 Å². The minimum atomic E-state index is -0.981. The Balaban J connectivity index is 1.24. The molecule has 0 radical (unpaired) electrons. The van der Waals surface area contributed by atoms with E-state index in [1.165, 1.54) is 16.2 Å². The van der Waals surface area contributed by atoms with Crippen LogP contribution >= 0.6 is 11.3 Å². The molecule has 12 nitrogen and oxygen atoms in total. The van der Waals surface area contributed by atoms with Gasteiger partial charge in [-0.15, -0.1) is 11.3 Å². The average Bonchev–Trinajstić information content (AvgIpc) is 3.57. The number of anilines is 2. The van der Waals surface area contributed by atoms with E-state index in [0.29, 0.717) is 41.4 Å². The number of aliphatic carboxylic acids is 1. The van der Waals surface area contributed by atoms with Gasteiger partial charge < -0.3 is 25.7 Å². The molecule has 308 valence electrons. The Labute approximate surface area is 344 Å². The van der Waals surface area contributed by atoms with E-state index in [-0.39, 0.29) is 42.4 Å². The zero-order valence-corrected chi connectivity index (χ0v) is 34.7. The lowest BCUT2D eigenvalue weighted by Crippen LogP contribution is -2.44. The fourth-order valence-corrected chi connectivity index (χ4v) is 8.69. The molecule has 0 fully saturated rings. The lowest BCUT2D eigenvalue weighted by atomic mass is 9.95. The minimum absolute atomic E-state index is 0.0195. The first-order valence-electron chi connectivity index (χ1n) is 20.0. The molecule has 0 aliphatic heterocycles. The summed E-state index contributed by atoms with van der Waals surface area (Å²) in [5.41, 5.74) is 6.02. The SMILES string of the molecule is CCC(CC)N(CCN(C)C(=O)CN(C)CC(=O)O)Cc1cccc(C(=O)Nc2sc3c(c2C(=O)Nc2ccc(CCc4ccc(C(=O)O)cc4)cc2)CCCC3)c1.